The van der Waals surface area contributed by atoms with Gasteiger partial charge in [-0.2, -0.15) is 0 Å². The first-order chi connectivity index (χ1) is 9.38. The lowest BCUT2D eigenvalue weighted by atomic mass is 10.3. The molecule has 1 aliphatic carbocycles. The summed E-state index contributed by atoms with van der Waals surface area (Å²) in [5.41, 5.74) is 0.337. The van der Waals surface area contributed by atoms with Gasteiger partial charge >= 0.3 is 0 Å². The minimum Gasteiger partial charge on any atom is -0.379 e. The van der Waals surface area contributed by atoms with Crippen molar-refractivity contribution in [1.29, 1.82) is 0 Å². The van der Waals surface area contributed by atoms with Crippen molar-refractivity contribution < 1.29 is 17.9 Å². The number of thiophene rings is 1. The SMILES string of the molecule is CN(CCOCC1CC1)C(=O)c1csc(S(N)(=O)=O)c1. The smallest absolute Gasteiger partial charge is 0.254 e. The topological polar surface area (TPSA) is 89.7 Å². The van der Waals surface area contributed by atoms with Crippen molar-refractivity contribution in [2.24, 2.45) is 11.1 Å². The van der Waals surface area contributed by atoms with Gasteiger partial charge in [-0.05, 0) is 24.8 Å². The van der Waals surface area contributed by atoms with E-state index in [1.54, 1.807) is 7.05 Å². The Bertz CT molecular complexity index is 578. The maximum Gasteiger partial charge on any atom is 0.254 e. The molecule has 1 amide bonds. The molecule has 0 atom stereocenters. The van der Waals surface area contributed by atoms with Gasteiger partial charge in [0, 0.05) is 25.6 Å². The molecule has 0 bridgehead atoms. The number of carbonyl (C=O) groups excluding carboxylic acids is 1. The third-order valence-electron chi connectivity index (χ3n) is 3.07. The summed E-state index contributed by atoms with van der Waals surface area (Å²) in [6.07, 6.45) is 2.47. The molecule has 0 unspecified atom stereocenters. The van der Waals surface area contributed by atoms with Gasteiger partial charge in [-0.25, -0.2) is 13.6 Å². The van der Waals surface area contributed by atoms with E-state index in [1.165, 1.54) is 29.2 Å². The van der Waals surface area contributed by atoms with Crippen LogP contribution in [0.25, 0.3) is 0 Å². The van der Waals surface area contributed by atoms with Crippen molar-refractivity contribution in [3.8, 4) is 0 Å². The van der Waals surface area contributed by atoms with Crippen LogP contribution in [0.3, 0.4) is 0 Å². The summed E-state index contributed by atoms with van der Waals surface area (Å²) >= 11 is 0.951. The fourth-order valence-electron chi connectivity index (χ4n) is 1.64. The van der Waals surface area contributed by atoms with E-state index in [9.17, 15) is 13.2 Å². The Morgan fingerprint density at radius 1 is 1.55 bits per heavy atom. The number of sulfonamides is 1. The number of primary sulfonamides is 1. The van der Waals surface area contributed by atoms with E-state index in [0.29, 0.717) is 24.6 Å². The zero-order chi connectivity index (χ0) is 14.8. The van der Waals surface area contributed by atoms with E-state index in [4.69, 9.17) is 9.88 Å². The molecule has 1 saturated carbocycles. The molecule has 112 valence electrons. The summed E-state index contributed by atoms with van der Waals surface area (Å²) in [5.74, 6) is 0.469. The van der Waals surface area contributed by atoms with Gasteiger partial charge in [-0.3, -0.25) is 4.79 Å². The minimum absolute atomic E-state index is 0.000710. The Balaban J connectivity index is 1.84. The van der Waals surface area contributed by atoms with Crippen molar-refractivity contribution in [3.63, 3.8) is 0 Å². The second-order valence-corrected chi connectivity index (χ2v) is 7.64. The third kappa shape index (κ3) is 4.27. The van der Waals surface area contributed by atoms with E-state index >= 15 is 0 Å². The second-order valence-electron chi connectivity index (χ2n) is 4.94. The van der Waals surface area contributed by atoms with Crippen LogP contribution in [0, 0.1) is 5.92 Å². The van der Waals surface area contributed by atoms with Gasteiger partial charge in [-0.15, -0.1) is 11.3 Å². The van der Waals surface area contributed by atoms with Gasteiger partial charge in [-0.1, -0.05) is 0 Å². The first-order valence-electron chi connectivity index (χ1n) is 6.32. The minimum atomic E-state index is -3.74. The molecule has 1 fully saturated rings. The van der Waals surface area contributed by atoms with Crippen LogP contribution in [0.15, 0.2) is 15.7 Å². The van der Waals surface area contributed by atoms with Crippen molar-refractivity contribution in [1.82, 2.24) is 4.90 Å². The van der Waals surface area contributed by atoms with E-state index in [-0.39, 0.29) is 10.1 Å². The molecule has 0 saturated heterocycles. The summed E-state index contributed by atoms with van der Waals surface area (Å²) in [6, 6.07) is 1.31. The highest BCUT2D eigenvalue weighted by molar-refractivity contribution is 7.91. The van der Waals surface area contributed by atoms with Gasteiger partial charge in [0.05, 0.1) is 12.2 Å². The molecule has 0 spiro atoms. The zero-order valence-electron chi connectivity index (χ0n) is 11.2. The number of likely N-dealkylation sites (N-methyl/N-ethyl adjacent to an activating group) is 1. The van der Waals surface area contributed by atoms with Gasteiger partial charge in [0.2, 0.25) is 10.0 Å². The molecule has 1 aliphatic rings. The van der Waals surface area contributed by atoms with Crippen molar-refractivity contribution in [3.05, 3.63) is 17.0 Å². The van der Waals surface area contributed by atoms with Crippen LogP contribution in [0.4, 0.5) is 0 Å². The van der Waals surface area contributed by atoms with E-state index in [1.807, 2.05) is 0 Å². The molecule has 1 aromatic heterocycles. The second kappa shape index (κ2) is 6.21. The number of amides is 1. The Kier molecular flexibility index (Phi) is 4.79. The molecule has 2 N–H and O–H groups in total. The molecular formula is C12H18N2O4S2. The summed E-state index contributed by atoms with van der Waals surface area (Å²) in [6.45, 7) is 1.73. The molecule has 1 aromatic rings. The van der Waals surface area contributed by atoms with Crippen LogP contribution in [-0.4, -0.2) is 46.0 Å². The van der Waals surface area contributed by atoms with Crippen LogP contribution in [0.2, 0.25) is 0 Å². The van der Waals surface area contributed by atoms with Crippen molar-refractivity contribution in [2.75, 3.05) is 26.8 Å². The Hall–Kier alpha value is -0.960. The van der Waals surface area contributed by atoms with Crippen LogP contribution in [0.5, 0.6) is 0 Å². The molecule has 20 heavy (non-hydrogen) atoms. The lowest BCUT2D eigenvalue weighted by molar-refractivity contribution is 0.0681. The number of rotatable bonds is 7. The van der Waals surface area contributed by atoms with Crippen LogP contribution in [0.1, 0.15) is 23.2 Å². The molecule has 6 nitrogen and oxygen atoms in total. The van der Waals surface area contributed by atoms with Gasteiger partial charge in [0.15, 0.2) is 0 Å². The number of carbonyl (C=O) groups is 1. The highest BCUT2D eigenvalue weighted by Gasteiger charge is 2.21. The quantitative estimate of drug-likeness (QED) is 0.756. The predicted molar refractivity (Wildman–Crippen MR) is 76.2 cm³/mol. The fraction of sp³-hybridized carbons (Fsp3) is 0.583. The monoisotopic (exact) mass is 318 g/mol. The average Bonchev–Trinajstić information content (AvgIpc) is 3.05. The first kappa shape index (κ1) is 15.4. The lowest BCUT2D eigenvalue weighted by Crippen LogP contribution is -2.30. The molecule has 0 aliphatic heterocycles. The van der Waals surface area contributed by atoms with E-state index < -0.39 is 10.0 Å². The standard InChI is InChI=1S/C12H18N2O4S2/c1-14(4-5-18-7-9-2-3-9)12(15)10-6-11(19-8-10)20(13,16)17/h6,8-9H,2-5,7H2,1H3,(H2,13,16,17). The summed E-state index contributed by atoms with van der Waals surface area (Å²) in [5, 5.41) is 6.52. The zero-order valence-corrected chi connectivity index (χ0v) is 12.9. The molecule has 2 rings (SSSR count). The summed E-state index contributed by atoms with van der Waals surface area (Å²) < 4.78 is 27.8. The predicted octanol–water partition coefficient (Wildman–Crippen LogP) is 0.894. The number of hydrogen-bond acceptors (Lipinski definition) is 5. The number of hydrogen-bond donors (Lipinski definition) is 1. The summed E-state index contributed by atoms with van der Waals surface area (Å²) in [7, 11) is -2.08. The largest absolute Gasteiger partial charge is 0.379 e. The normalized spacial score (nSPS) is 15.3. The van der Waals surface area contributed by atoms with E-state index in [2.05, 4.69) is 0 Å². The summed E-state index contributed by atoms with van der Waals surface area (Å²) in [4.78, 5) is 13.6. The van der Waals surface area contributed by atoms with Gasteiger partial charge in [0.1, 0.15) is 4.21 Å². The molecule has 0 aromatic carbocycles. The van der Waals surface area contributed by atoms with Crippen molar-refractivity contribution in [2.45, 2.75) is 17.1 Å². The van der Waals surface area contributed by atoms with Crippen LogP contribution in [-0.2, 0) is 14.8 Å². The molecule has 8 heteroatoms. The highest BCUT2D eigenvalue weighted by Crippen LogP contribution is 2.28. The molecule has 1 heterocycles. The molecular weight excluding hydrogens is 300 g/mol. The van der Waals surface area contributed by atoms with Crippen LogP contribution >= 0.6 is 11.3 Å². The fourth-order valence-corrected chi connectivity index (χ4v) is 3.21. The average molecular weight is 318 g/mol. The number of ether oxygens (including phenoxy) is 1. The third-order valence-corrected chi connectivity index (χ3v) is 5.46. The highest BCUT2D eigenvalue weighted by atomic mass is 32.2. The Morgan fingerprint density at radius 3 is 2.80 bits per heavy atom. The Labute approximate surface area is 122 Å². The van der Waals surface area contributed by atoms with Crippen LogP contribution < -0.4 is 5.14 Å². The lowest BCUT2D eigenvalue weighted by Gasteiger charge is -2.16. The number of nitrogens with zero attached hydrogens (tertiary/aromatic N) is 1. The van der Waals surface area contributed by atoms with Gasteiger partial charge < -0.3 is 9.64 Å². The maximum absolute atomic E-state index is 12.1. The van der Waals surface area contributed by atoms with E-state index in [0.717, 1.165) is 17.9 Å². The first-order valence-corrected chi connectivity index (χ1v) is 8.75. The van der Waals surface area contributed by atoms with Crippen molar-refractivity contribution >= 4 is 27.3 Å². The maximum atomic E-state index is 12.1. The number of nitrogens with two attached hydrogens (primary N) is 1. The Morgan fingerprint density at radius 2 is 2.25 bits per heavy atom. The molecule has 0 radical (unpaired) electrons. The van der Waals surface area contributed by atoms with Gasteiger partial charge in [0.25, 0.3) is 5.91 Å².